The molecule has 12 heteroatoms. The molecule has 8 nitrogen and oxygen atoms in total. The van der Waals surface area contributed by atoms with Crippen molar-refractivity contribution >= 4 is 15.5 Å². The molecule has 1 atom stereocenters. The van der Waals surface area contributed by atoms with Gasteiger partial charge in [0.05, 0.1) is 11.4 Å². The van der Waals surface area contributed by atoms with Gasteiger partial charge in [-0.05, 0) is 37.8 Å². The molecule has 3 heterocycles. The second-order valence-corrected chi connectivity index (χ2v) is 8.83. The van der Waals surface area contributed by atoms with E-state index in [4.69, 9.17) is 10.2 Å². The van der Waals surface area contributed by atoms with Gasteiger partial charge in [-0.3, -0.25) is 0 Å². The first-order valence-corrected chi connectivity index (χ1v) is 10.2. The Morgan fingerprint density at radius 1 is 1.21 bits per heavy atom. The van der Waals surface area contributed by atoms with Crippen molar-refractivity contribution in [2.24, 2.45) is 0 Å². The van der Waals surface area contributed by atoms with Crippen LogP contribution in [0.3, 0.4) is 0 Å². The molecule has 0 amide bonds. The van der Waals surface area contributed by atoms with Crippen LogP contribution in [-0.2, 0) is 15.4 Å². The highest BCUT2D eigenvalue weighted by Gasteiger charge is 2.58. The Bertz CT molecular complexity index is 990. The second kappa shape index (κ2) is 6.99. The van der Waals surface area contributed by atoms with Gasteiger partial charge in [0, 0.05) is 0 Å². The number of alkyl halides is 3. The molecule has 0 saturated heterocycles. The third-order valence-electron chi connectivity index (χ3n) is 4.64. The highest BCUT2D eigenvalue weighted by Crippen LogP contribution is 2.43. The first kappa shape index (κ1) is 20.5. The summed E-state index contributed by atoms with van der Waals surface area (Å²) in [6, 6.07) is 1.33. The van der Waals surface area contributed by atoms with Gasteiger partial charge in [0.2, 0.25) is 5.60 Å². The summed E-state index contributed by atoms with van der Waals surface area (Å²) in [4.78, 5) is 4.00. The molecular formula is C16H19F3N4O4S. The third kappa shape index (κ3) is 3.58. The van der Waals surface area contributed by atoms with E-state index >= 15 is 0 Å². The first-order chi connectivity index (χ1) is 13.0. The molecule has 0 unspecified atom stereocenters. The zero-order chi connectivity index (χ0) is 20.7. The average Bonchev–Trinajstić information content (AvgIpc) is 3.06. The Kier molecular flexibility index (Phi) is 5.13. The van der Waals surface area contributed by atoms with Crippen LogP contribution in [0.5, 0.6) is 0 Å². The minimum absolute atomic E-state index is 0.00150. The number of aromatic nitrogens is 3. The number of nitrogens with zero attached hydrogens (tertiary/aromatic N) is 3. The van der Waals surface area contributed by atoms with Gasteiger partial charge in [0.15, 0.2) is 20.6 Å². The molecule has 4 bridgehead atoms. The van der Waals surface area contributed by atoms with E-state index in [0.717, 1.165) is 0 Å². The van der Waals surface area contributed by atoms with E-state index in [9.17, 15) is 26.7 Å². The SMILES string of the molecule is Cc1cc(N)c2nc1S(=O)(=O)CCCCCC[C@@](O)(C(F)(F)F)c1nnc-2o1. The molecule has 2 aromatic heterocycles. The van der Waals surface area contributed by atoms with Gasteiger partial charge in [0.25, 0.3) is 11.8 Å². The number of hydrogen-bond acceptors (Lipinski definition) is 8. The molecule has 3 rings (SSSR count). The maximum Gasteiger partial charge on any atom is 0.426 e. The number of anilines is 1. The van der Waals surface area contributed by atoms with Gasteiger partial charge in [0.1, 0.15) is 0 Å². The lowest BCUT2D eigenvalue weighted by atomic mass is 9.95. The van der Waals surface area contributed by atoms with Crippen molar-refractivity contribution in [3.8, 4) is 11.6 Å². The fourth-order valence-corrected chi connectivity index (χ4v) is 4.64. The summed E-state index contributed by atoms with van der Waals surface area (Å²) in [7, 11) is -3.73. The molecule has 154 valence electrons. The third-order valence-corrected chi connectivity index (χ3v) is 6.47. The minimum Gasteiger partial charge on any atom is -0.416 e. The van der Waals surface area contributed by atoms with Crippen molar-refractivity contribution in [3.05, 3.63) is 17.5 Å². The van der Waals surface area contributed by atoms with Crippen LogP contribution in [0.4, 0.5) is 18.9 Å². The lowest BCUT2D eigenvalue weighted by Crippen LogP contribution is -2.42. The van der Waals surface area contributed by atoms with Crippen molar-refractivity contribution in [1.82, 2.24) is 15.2 Å². The number of aliphatic hydroxyl groups is 1. The molecule has 2 aromatic rings. The second-order valence-electron chi connectivity index (χ2n) is 6.80. The number of sulfone groups is 1. The summed E-state index contributed by atoms with van der Waals surface area (Å²) in [5, 5.41) is 16.9. The fourth-order valence-electron chi connectivity index (χ4n) is 3.08. The number of hydrogen-bond donors (Lipinski definition) is 2. The lowest BCUT2D eigenvalue weighted by Gasteiger charge is -2.26. The van der Waals surface area contributed by atoms with Gasteiger partial charge < -0.3 is 15.3 Å². The van der Waals surface area contributed by atoms with Crippen molar-refractivity contribution < 1.29 is 31.1 Å². The van der Waals surface area contributed by atoms with Gasteiger partial charge >= 0.3 is 6.18 Å². The Labute approximate surface area is 158 Å². The van der Waals surface area contributed by atoms with E-state index < -0.39 is 39.8 Å². The average molecular weight is 420 g/mol. The van der Waals surface area contributed by atoms with Crippen LogP contribution in [0, 0.1) is 6.92 Å². The van der Waals surface area contributed by atoms with Gasteiger partial charge in [-0.15, -0.1) is 10.2 Å². The van der Waals surface area contributed by atoms with E-state index in [1.807, 2.05) is 0 Å². The number of aryl methyl sites for hydroxylation is 1. The van der Waals surface area contributed by atoms with Gasteiger partial charge in [-0.2, -0.15) is 13.2 Å². The molecule has 1 aliphatic rings. The quantitative estimate of drug-likeness (QED) is 0.664. The van der Waals surface area contributed by atoms with Crippen LogP contribution >= 0.6 is 0 Å². The number of fused-ring (bicyclic) bond motifs is 5. The molecular weight excluding hydrogens is 401 g/mol. The van der Waals surface area contributed by atoms with E-state index in [1.165, 1.54) is 13.0 Å². The van der Waals surface area contributed by atoms with Crippen LogP contribution in [0.2, 0.25) is 0 Å². The number of halogens is 3. The number of rotatable bonds is 0. The highest BCUT2D eigenvalue weighted by molar-refractivity contribution is 7.91. The van der Waals surface area contributed by atoms with Crippen LogP contribution in [0.25, 0.3) is 11.6 Å². The number of pyridine rings is 1. The number of nitrogen functional groups attached to an aromatic ring is 1. The molecule has 0 spiro atoms. The molecule has 0 saturated carbocycles. The van der Waals surface area contributed by atoms with Crippen LogP contribution in [-0.4, -0.2) is 40.6 Å². The van der Waals surface area contributed by atoms with Crippen LogP contribution < -0.4 is 5.73 Å². The predicted molar refractivity (Wildman–Crippen MR) is 91.8 cm³/mol. The maximum atomic E-state index is 13.5. The molecule has 0 aliphatic carbocycles. The summed E-state index contributed by atoms with van der Waals surface area (Å²) in [6.45, 7) is 1.52. The maximum absolute atomic E-state index is 13.5. The smallest absolute Gasteiger partial charge is 0.416 e. The zero-order valence-corrected chi connectivity index (χ0v) is 15.8. The zero-order valence-electron chi connectivity index (χ0n) is 15.0. The topological polar surface area (TPSA) is 132 Å². The van der Waals surface area contributed by atoms with E-state index in [0.29, 0.717) is 18.4 Å². The molecule has 0 fully saturated rings. The largest absolute Gasteiger partial charge is 0.426 e. The van der Waals surface area contributed by atoms with Crippen molar-refractivity contribution in [1.29, 1.82) is 0 Å². The number of nitrogens with two attached hydrogens (primary N) is 1. The first-order valence-electron chi connectivity index (χ1n) is 8.59. The molecule has 0 radical (unpaired) electrons. The Morgan fingerprint density at radius 3 is 2.57 bits per heavy atom. The molecule has 28 heavy (non-hydrogen) atoms. The normalized spacial score (nSPS) is 23.2. The van der Waals surface area contributed by atoms with Crippen molar-refractivity contribution in [2.45, 2.75) is 55.8 Å². The molecule has 0 aromatic carbocycles. The Morgan fingerprint density at radius 2 is 1.89 bits per heavy atom. The Balaban J connectivity index is 2.20. The summed E-state index contributed by atoms with van der Waals surface area (Å²) in [6.07, 6.45) is -4.79. The van der Waals surface area contributed by atoms with E-state index in [1.54, 1.807) is 0 Å². The van der Waals surface area contributed by atoms with Crippen LogP contribution in [0.15, 0.2) is 15.5 Å². The summed E-state index contributed by atoms with van der Waals surface area (Å²) in [5.41, 5.74) is 2.56. The van der Waals surface area contributed by atoms with E-state index in [-0.39, 0.29) is 35.0 Å². The van der Waals surface area contributed by atoms with E-state index in [2.05, 4.69) is 15.2 Å². The minimum atomic E-state index is -5.03. The predicted octanol–water partition coefficient (Wildman–Crippen LogP) is 2.51. The summed E-state index contributed by atoms with van der Waals surface area (Å²) < 4.78 is 70.8. The molecule has 3 N–H and O–H groups in total. The van der Waals surface area contributed by atoms with Gasteiger partial charge in [-0.1, -0.05) is 12.8 Å². The van der Waals surface area contributed by atoms with Gasteiger partial charge in [-0.25, -0.2) is 13.4 Å². The lowest BCUT2D eigenvalue weighted by molar-refractivity contribution is -0.277. The summed E-state index contributed by atoms with van der Waals surface area (Å²) >= 11 is 0. The van der Waals surface area contributed by atoms with Crippen molar-refractivity contribution in [2.75, 3.05) is 11.5 Å². The highest BCUT2D eigenvalue weighted by atomic mass is 32.2. The van der Waals surface area contributed by atoms with Crippen molar-refractivity contribution in [3.63, 3.8) is 0 Å². The Hall–Kier alpha value is -2.21. The summed E-state index contributed by atoms with van der Waals surface area (Å²) in [5.74, 6) is -1.73. The fraction of sp³-hybridized carbons (Fsp3) is 0.562. The standard InChI is InChI=1S/C16H19F3N4O4S/c1-9-8-10(20)11-12-22-23-14(27-12)15(24,16(17,18)19)6-4-2-3-5-7-28(25,26)13(9)21-11/h8,24H,2-7,20H2,1H3/t15-/m0/s1. The monoisotopic (exact) mass is 420 g/mol. The molecule has 1 aliphatic heterocycles. The van der Waals surface area contributed by atoms with Crippen LogP contribution in [0.1, 0.15) is 43.6 Å².